The number of amides is 3. The zero-order valence-corrected chi connectivity index (χ0v) is 13.7. The lowest BCUT2D eigenvalue weighted by Crippen LogP contribution is -2.44. The summed E-state index contributed by atoms with van der Waals surface area (Å²) in [4.78, 5) is 48.1. The van der Waals surface area contributed by atoms with E-state index in [4.69, 9.17) is 4.42 Å². The molecule has 9 nitrogen and oxygen atoms in total. The number of nitrogens with one attached hydrogen (secondary N) is 2. The van der Waals surface area contributed by atoms with Gasteiger partial charge in [-0.3, -0.25) is 25.2 Å². The van der Waals surface area contributed by atoms with E-state index in [0.29, 0.717) is 12.3 Å². The SMILES string of the molecule is CCOC(=O)/C=C/C(=O)NNC(=O)C1CC(=O)N(Cc2ccco2)C1. The molecule has 25 heavy (non-hydrogen) atoms. The number of carbonyl (C=O) groups is 4. The summed E-state index contributed by atoms with van der Waals surface area (Å²) < 4.78 is 9.81. The molecule has 0 saturated carbocycles. The zero-order chi connectivity index (χ0) is 18.2. The first-order valence-corrected chi connectivity index (χ1v) is 7.74. The van der Waals surface area contributed by atoms with Crippen LogP contribution in [0.2, 0.25) is 0 Å². The Morgan fingerprint density at radius 1 is 1.36 bits per heavy atom. The van der Waals surface area contributed by atoms with Crippen LogP contribution in [0.4, 0.5) is 0 Å². The average molecular weight is 349 g/mol. The van der Waals surface area contributed by atoms with Crippen molar-refractivity contribution in [1.82, 2.24) is 15.8 Å². The second-order valence-electron chi connectivity index (χ2n) is 5.32. The minimum absolute atomic E-state index is 0.0566. The van der Waals surface area contributed by atoms with Crippen LogP contribution in [0.15, 0.2) is 35.0 Å². The Labute approximate surface area is 143 Å². The summed E-state index contributed by atoms with van der Waals surface area (Å²) in [7, 11) is 0. The topological polar surface area (TPSA) is 118 Å². The maximum absolute atomic E-state index is 12.0. The number of esters is 1. The predicted molar refractivity (Wildman–Crippen MR) is 84.3 cm³/mol. The summed E-state index contributed by atoms with van der Waals surface area (Å²) in [6, 6.07) is 3.47. The molecule has 1 fully saturated rings. The lowest BCUT2D eigenvalue weighted by molar-refractivity contribution is -0.137. The summed E-state index contributed by atoms with van der Waals surface area (Å²) >= 11 is 0. The van der Waals surface area contributed by atoms with E-state index in [1.807, 2.05) is 0 Å². The Bertz CT molecular complexity index is 667. The third kappa shape index (κ3) is 5.48. The quantitative estimate of drug-likeness (QED) is 0.420. The molecule has 3 amide bonds. The standard InChI is InChI=1S/C16H19N3O6/c1-2-24-15(22)6-5-13(20)17-18-16(23)11-8-14(21)19(9-11)10-12-4-3-7-25-12/h3-7,11H,2,8-10H2,1H3,(H,17,20)(H,18,23)/b6-5+. The minimum atomic E-state index is -0.682. The third-order valence-corrected chi connectivity index (χ3v) is 3.48. The second kappa shape index (κ2) is 8.67. The molecule has 0 spiro atoms. The highest BCUT2D eigenvalue weighted by atomic mass is 16.5. The van der Waals surface area contributed by atoms with E-state index in [0.717, 1.165) is 12.2 Å². The monoisotopic (exact) mass is 349 g/mol. The van der Waals surface area contributed by atoms with Crippen molar-refractivity contribution in [1.29, 1.82) is 0 Å². The molecule has 1 aromatic heterocycles. The summed E-state index contributed by atoms with van der Waals surface area (Å²) in [6.07, 6.45) is 3.47. The molecule has 2 N–H and O–H groups in total. The summed E-state index contributed by atoms with van der Waals surface area (Å²) in [5.41, 5.74) is 4.39. The number of ether oxygens (including phenoxy) is 1. The van der Waals surface area contributed by atoms with Gasteiger partial charge in [-0.05, 0) is 19.1 Å². The van der Waals surface area contributed by atoms with Gasteiger partial charge in [-0.15, -0.1) is 0 Å². The van der Waals surface area contributed by atoms with E-state index in [2.05, 4.69) is 15.6 Å². The number of rotatable bonds is 6. The van der Waals surface area contributed by atoms with Crippen molar-refractivity contribution in [2.45, 2.75) is 19.9 Å². The van der Waals surface area contributed by atoms with Crippen LogP contribution in [-0.4, -0.2) is 41.7 Å². The molecule has 0 aliphatic carbocycles. The molecule has 2 rings (SSSR count). The van der Waals surface area contributed by atoms with Gasteiger partial charge in [0, 0.05) is 25.1 Å². The summed E-state index contributed by atoms with van der Waals surface area (Å²) in [5.74, 6) is -1.92. The number of furan rings is 1. The normalized spacial score (nSPS) is 16.9. The first-order chi connectivity index (χ1) is 12.0. The number of hydrogen-bond acceptors (Lipinski definition) is 6. The number of hydrogen-bond donors (Lipinski definition) is 2. The molecule has 2 heterocycles. The Hall–Kier alpha value is -3.10. The highest BCUT2D eigenvalue weighted by Gasteiger charge is 2.34. The van der Waals surface area contributed by atoms with E-state index in [9.17, 15) is 19.2 Å². The summed E-state index contributed by atoms with van der Waals surface area (Å²) in [6.45, 7) is 2.37. The molecule has 1 aliphatic heterocycles. The molecule has 134 valence electrons. The number of carbonyl (C=O) groups excluding carboxylic acids is 4. The maximum Gasteiger partial charge on any atom is 0.330 e. The van der Waals surface area contributed by atoms with Gasteiger partial charge >= 0.3 is 5.97 Å². The van der Waals surface area contributed by atoms with Gasteiger partial charge in [-0.25, -0.2) is 4.79 Å². The van der Waals surface area contributed by atoms with Crippen LogP contribution in [0.3, 0.4) is 0 Å². The Balaban J connectivity index is 1.76. The zero-order valence-electron chi connectivity index (χ0n) is 13.7. The molecule has 1 aromatic rings. The minimum Gasteiger partial charge on any atom is -0.467 e. The van der Waals surface area contributed by atoms with Crippen LogP contribution in [0.25, 0.3) is 0 Å². The number of hydrazine groups is 1. The van der Waals surface area contributed by atoms with E-state index in [-0.39, 0.29) is 25.5 Å². The van der Waals surface area contributed by atoms with Gasteiger partial charge in [0.1, 0.15) is 5.76 Å². The fraction of sp³-hybridized carbons (Fsp3) is 0.375. The van der Waals surface area contributed by atoms with Gasteiger partial charge in [0.2, 0.25) is 11.8 Å². The van der Waals surface area contributed by atoms with E-state index in [1.165, 1.54) is 11.2 Å². The van der Waals surface area contributed by atoms with Gasteiger partial charge in [0.15, 0.2) is 0 Å². The molecule has 9 heteroatoms. The molecule has 0 radical (unpaired) electrons. The lowest BCUT2D eigenvalue weighted by atomic mass is 10.1. The van der Waals surface area contributed by atoms with Crippen molar-refractivity contribution >= 4 is 23.7 Å². The van der Waals surface area contributed by atoms with Gasteiger partial charge < -0.3 is 14.1 Å². The van der Waals surface area contributed by atoms with Crippen LogP contribution in [-0.2, 0) is 30.5 Å². The molecule has 1 atom stereocenters. The number of likely N-dealkylation sites (tertiary alicyclic amines) is 1. The molecular formula is C16H19N3O6. The highest BCUT2D eigenvalue weighted by molar-refractivity contribution is 5.96. The highest BCUT2D eigenvalue weighted by Crippen LogP contribution is 2.20. The van der Waals surface area contributed by atoms with Crippen LogP contribution < -0.4 is 10.9 Å². The second-order valence-corrected chi connectivity index (χ2v) is 5.32. The smallest absolute Gasteiger partial charge is 0.330 e. The fourth-order valence-corrected chi connectivity index (χ4v) is 2.29. The van der Waals surface area contributed by atoms with Crippen molar-refractivity contribution in [3.63, 3.8) is 0 Å². The van der Waals surface area contributed by atoms with E-state index < -0.39 is 23.7 Å². The fourth-order valence-electron chi connectivity index (χ4n) is 2.29. The van der Waals surface area contributed by atoms with Crippen LogP contribution in [0.1, 0.15) is 19.1 Å². The van der Waals surface area contributed by atoms with Gasteiger partial charge in [-0.1, -0.05) is 0 Å². The van der Waals surface area contributed by atoms with Gasteiger partial charge in [0.25, 0.3) is 5.91 Å². The first kappa shape index (κ1) is 18.2. The van der Waals surface area contributed by atoms with E-state index >= 15 is 0 Å². The molecule has 1 unspecified atom stereocenters. The lowest BCUT2D eigenvalue weighted by Gasteiger charge is -2.15. The molecule has 1 saturated heterocycles. The molecule has 0 bridgehead atoms. The Morgan fingerprint density at radius 3 is 2.84 bits per heavy atom. The van der Waals surface area contributed by atoms with Gasteiger partial charge in [-0.2, -0.15) is 0 Å². The van der Waals surface area contributed by atoms with Crippen LogP contribution in [0.5, 0.6) is 0 Å². The van der Waals surface area contributed by atoms with Crippen molar-refractivity contribution in [2.24, 2.45) is 5.92 Å². The van der Waals surface area contributed by atoms with Crippen LogP contribution >= 0.6 is 0 Å². The molecule has 1 aliphatic rings. The number of nitrogens with zero attached hydrogens (tertiary/aromatic N) is 1. The Kier molecular flexibility index (Phi) is 6.33. The van der Waals surface area contributed by atoms with Crippen LogP contribution in [0, 0.1) is 5.92 Å². The van der Waals surface area contributed by atoms with Crippen molar-refractivity contribution < 1.29 is 28.3 Å². The largest absolute Gasteiger partial charge is 0.467 e. The maximum atomic E-state index is 12.0. The van der Waals surface area contributed by atoms with Crippen molar-refractivity contribution in [3.05, 3.63) is 36.3 Å². The van der Waals surface area contributed by atoms with Crippen molar-refractivity contribution in [3.8, 4) is 0 Å². The molecular weight excluding hydrogens is 330 g/mol. The average Bonchev–Trinajstić information content (AvgIpc) is 3.22. The molecule has 0 aromatic carbocycles. The van der Waals surface area contributed by atoms with E-state index in [1.54, 1.807) is 19.1 Å². The predicted octanol–water partition coefficient (Wildman–Crippen LogP) is -0.105. The first-order valence-electron chi connectivity index (χ1n) is 7.74. The van der Waals surface area contributed by atoms with Gasteiger partial charge in [0.05, 0.1) is 25.3 Å². The summed E-state index contributed by atoms with van der Waals surface area (Å²) in [5, 5.41) is 0. The Morgan fingerprint density at radius 2 is 2.16 bits per heavy atom. The van der Waals surface area contributed by atoms with Crippen molar-refractivity contribution in [2.75, 3.05) is 13.2 Å². The third-order valence-electron chi connectivity index (χ3n) is 3.48.